The van der Waals surface area contributed by atoms with Crippen LogP contribution in [0.3, 0.4) is 0 Å². The summed E-state index contributed by atoms with van der Waals surface area (Å²) in [7, 11) is 1.65. The van der Waals surface area contributed by atoms with E-state index in [0.717, 1.165) is 44.5 Å². The normalized spacial score (nSPS) is 16.7. The summed E-state index contributed by atoms with van der Waals surface area (Å²) in [6.45, 7) is 0. The maximum Gasteiger partial charge on any atom is 0.174 e. The van der Waals surface area contributed by atoms with Crippen LogP contribution in [0.15, 0.2) is 120 Å². The molecule has 0 aliphatic carbocycles. The number of benzene rings is 3. The number of methoxy groups -OCH3 is 1. The Morgan fingerprint density at radius 2 is 1.46 bits per heavy atom. The summed E-state index contributed by atoms with van der Waals surface area (Å²) in [4.78, 5) is 6.84. The van der Waals surface area contributed by atoms with Gasteiger partial charge in [0.05, 0.1) is 18.8 Å². The van der Waals surface area contributed by atoms with Gasteiger partial charge in [0, 0.05) is 33.9 Å². The van der Waals surface area contributed by atoms with Gasteiger partial charge in [-0.25, -0.2) is 0 Å². The maximum absolute atomic E-state index is 6.06. The Hall–Kier alpha value is -4.14. The van der Waals surface area contributed by atoms with E-state index in [0.29, 0.717) is 5.11 Å². The van der Waals surface area contributed by atoms with Gasteiger partial charge in [-0.15, -0.1) is 0 Å². The van der Waals surface area contributed by atoms with E-state index in [1.807, 2.05) is 85.1 Å². The summed E-state index contributed by atoms with van der Waals surface area (Å²) in [5.41, 5.74) is 4.05. The highest BCUT2D eigenvalue weighted by Crippen LogP contribution is 2.42. The first-order chi connectivity index (χ1) is 19.1. The lowest BCUT2D eigenvalue weighted by molar-refractivity contribution is 0.413. The summed E-state index contributed by atoms with van der Waals surface area (Å²) in [6.07, 6.45) is 3.90. The second-order valence-corrected chi connectivity index (χ2v) is 10.3. The van der Waals surface area contributed by atoms with Crippen molar-refractivity contribution in [3.63, 3.8) is 0 Å². The number of hydrogen-bond donors (Lipinski definition) is 1. The molecule has 0 bridgehead atoms. The number of thiocarbonyl (C=S) groups is 1. The van der Waals surface area contributed by atoms with Gasteiger partial charge >= 0.3 is 0 Å². The standard InChI is InChI=1S/C31H25BrN4O2S/c1-37-24-15-17-26(18-16-24)38-25-13-11-23(12-14-25)36-30(29(34-31(36)39)27-5-2-3-19-33-27)28-6-4-20-35(28)22-9-7-21(32)8-10-22/h2-20,29-30H,1H3,(H,34,39)/t29-,30-/m1/s1. The van der Waals surface area contributed by atoms with Gasteiger partial charge in [0.25, 0.3) is 0 Å². The van der Waals surface area contributed by atoms with Crippen LogP contribution in [0.1, 0.15) is 23.5 Å². The fraction of sp³-hybridized carbons (Fsp3) is 0.0968. The van der Waals surface area contributed by atoms with Crippen molar-refractivity contribution in [3.8, 4) is 22.9 Å². The van der Waals surface area contributed by atoms with Crippen LogP contribution in [0, 0.1) is 0 Å². The lowest BCUT2D eigenvalue weighted by Gasteiger charge is -2.29. The first-order valence-corrected chi connectivity index (χ1v) is 13.7. The quantitative estimate of drug-likeness (QED) is 0.195. The summed E-state index contributed by atoms with van der Waals surface area (Å²) in [5, 5.41) is 4.18. The molecule has 0 spiro atoms. The van der Waals surface area contributed by atoms with Crippen LogP contribution in [-0.2, 0) is 0 Å². The summed E-state index contributed by atoms with van der Waals surface area (Å²) in [5.74, 6) is 2.26. The highest BCUT2D eigenvalue weighted by atomic mass is 79.9. The van der Waals surface area contributed by atoms with E-state index in [2.05, 4.69) is 66.2 Å². The average Bonchev–Trinajstić information content (AvgIpc) is 3.59. The van der Waals surface area contributed by atoms with Crippen molar-refractivity contribution in [2.75, 3.05) is 12.0 Å². The van der Waals surface area contributed by atoms with Gasteiger partial charge in [0.2, 0.25) is 0 Å². The molecule has 5 aromatic rings. The van der Waals surface area contributed by atoms with E-state index in [-0.39, 0.29) is 12.1 Å². The molecule has 1 aliphatic heterocycles. The fourth-order valence-corrected chi connectivity index (χ4v) is 5.47. The zero-order chi connectivity index (χ0) is 26.8. The van der Waals surface area contributed by atoms with Crippen molar-refractivity contribution in [1.82, 2.24) is 14.9 Å². The Bertz CT molecular complexity index is 1570. The molecule has 0 unspecified atom stereocenters. The molecule has 3 heterocycles. The minimum absolute atomic E-state index is 0.139. The molecular weight excluding hydrogens is 572 g/mol. The van der Waals surface area contributed by atoms with E-state index < -0.39 is 0 Å². The fourth-order valence-electron chi connectivity index (χ4n) is 4.86. The van der Waals surface area contributed by atoms with Crippen LogP contribution in [0.2, 0.25) is 0 Å². The number of aromatic nitrogens is 2. The third-order valence-corrected chi connectivity index (χ3v) is 7.54. The monoisotopic (exact) mass is 596 g/mol. The zero-order valence-electron chi connectivity index (χ0n) is 21.1. The summed E-state index contributed by atoms with van der Waals surface area (Å²) >= 11 is 9.46. The van der Waals surface area contributed by atoms with Gasteiger partial charge < -0.3 is 24.3 Å². The Kier molecular flexibility index (Phi) is 7.04. The molecule has 8 heteroatoms. The van der Waals surface area contributed by atoms with E-state index >= 15 is 0 Å². The first-order valence-electron chi connectivity index (χ1n) is 12.5. The van der Waals surface area contributed by atoms with Crippen molar-refractivity contribution < 1.29 is 9.47 Å². The van der Waals surface area contributed by atoms with Crippen molar-refractivity contribution >= 4 is 38.9 Å². The number of nitrogens with zero attached hydrogens (tertiary/aromatic N) is 3. The second-order valence-electron chi connectivity index (χ2n) is 9.05. The van der Waals surface area contributed by atoms with Crippen LogP contribution < -0.4 is 19.7 Å². The van der Waals surface area contributed by atoms with Crippen LogP contribution in [0.25, 0.3) is 5.69 Å². The summed E-state index contributed by atoms with van der Waals surface area (Å²) in [6, 6.07) is 33.7. The molecular formula is C31H25BrN4O2S. The zero-order valence-corrected chi connectivity index (χ0v) is 23.5. The van der Waals surface area contributed by atoms with Gasteiger partial charge in [0.1, 0.15) is 23.3 Å². The first kappa shape index (κ1) is 25.2. The molecule has 0 amide bonds. The highest BCUT2D eigenvalue weighted by molar-refractivity contribution is 9.10. The van der Waals surface area contributed by atoms with E-state index in [1.54, 1.807) is 7.11 Å². The Morgan fingerprint density at radius 3 is 2.13 bits per heavy atom. The summed E-state index contributed by atoms with van der Waals surface area (Å²) < 4.78 is 14.5. The minimum atomic E-state index is -0.141. The molecule has 1 N–H and O–H groups in total. The largest absolute Gasteiger partial charge is 0.497 e. The molecule has 0 saturated carbocycles. The number of nitrogens with one attached hydrogen (secondary N) is 1. The smallest absolute Gasteiger partial charge is 0.174 e. The molecule has 1 saturated heterocycles. The molecule has 39 heavy (non-hydrogen) atoms. The number of rotatable bonds is 7. The molecule has 2 aromatic heterocycles. The minimum Gasteiger partial charge on any atom is -0.497 e. The van der Waals surface area contributed by atoms with Crippen molar-refractivity contribution in [2.45, 2.75) is 12.1 Å². The highest BCUT2D eigenvalue weighted by Gasteiger charge is 2.42. The molecule has 1 aliphatic rings. The predicted octanol–water partition coefficient (Wildman–Crippen LogP) is 7.61. The molecule has 194 valence electrons. The number of hydrogen-bond acceptors (Lipinski definition) is 4. The van der Waals surface area contributed by atoms with Crippen molar-refractivity contribution in [2.24, 2.45) is 0 Å². The lowest BCUT2D eigenvalue weighted by Crippen LogP contribution is -2.30. The SMILES string of the molecule is COc1ccc(Oc2ccc(N3C(=S)N[C@H](c4ccccn4)[C@H]3c3cccn3-c3ccc(Br)cc3)cc2)cc1. The van der Waals surface area contributed by atoms with Crippen molar-refractivity contribution in [1.29, 1.82) is 0 Å². The topological polar surface area (TPSA) is 51.6 Å². The van der Waals surface area contributed by atoms with Crippen LogP contribution in [0.5, 0.6) is 17.2 Å². The third-order valence-electron chi connectivity index (χ3n) is 6.70. The van der Waals surface area contributed by atoms with E-state index in [1.165, 1.54) is 0 Å². The Labute approximate surface area is 241 Å². The molecule has 3 aromatic carbocycles. The molecule has 1 fully saturated rings. The predicted molar refractivity (Wildman–Crippen MR) is 161 cm³/mol. The number of anilines is 1. The van der Waals surface area contributed by atoms with Gasteiger partial charge in [-0.1, -0.05) is 22.0 Å². The molecule has 0 radical (unpaired) electrons. The van der Waals surface area contributed by atoms with Gasteiger partial charge in [-0.2, -0.15) is 0 Å². The van der Waals surface area contributed by atoms with E-state index in [9.17, 15) is 0 Å². The van der Waals surface area contributed by atoms with Crippen molar-refractivity contribution in [3.05, 3.63) is 131 Å². The van der Waals surface area contributed by atoms with Crippen LogP contribution >= 0.6 is 28.1 Å². The lowest BCUT2D eigenvalue weighted by atomic mass is 10.0. The van der Waals surface area contributed by atoms with Gasteiger partial charge in [-0.05, 0) is 109 Å². The van der Waals surface area contributed by atoms with Crippen LogP contribution in [-0.4, -0.2) is 21.8 Å². The third kappa shape index (κ3) is 5.13. The van der Waals surface area contributed by atoms with Gasteiger partial charge in [0.15, 0.2) is 5.11 Å². The van der Waals surface area contributed by atoms with Crippen LogP contribution in [0.4, 0.5) is 5.69 Å². The maximum atomic E-state index is 6.06. The molecule has 2 atom stereocenters. The number of pyridine rings is 1. The second kappa shape index (κ2) is 10.9. The number of ether oxygens (including phenoxy) is 2. The number of halogens is 1. The Balaban J connectivity index is 1.36. The van der Waals surface area contributed by atoms with Gasteiger partial charge in [-0.3, -0.25) is 4.98 Å². The molecule has 6 rings (SSSR count). The molecule has 6 nitrogen and oxygen atoms in total. The average molecular weight is 598 g/mol. The Morgan fingerprint density at radius 1 is 0.795 bits per heavy atom. The van der Waals surface area contributed by atoms with E-state index in [4.69, 9.17) is 21.7 Å².